The number of hydrogen-bond acceptors (Lipinski definition) is 2. The van der Waals surface area contributed by atoms with Crippen molar-refractivity contribution in [2.75, 3.05) is 13.7 Å². The first kappa shape index (κ1) is 13.9. The number of halogens is 1. The molecular weight excluding hydrogens is 290 g/mol. The number of ether oxygens (including phenoxy) is 1. The van der Waals surface area contributed by atoms with Gasteiger partial charge in [0, 0.05) is 17.1 Å². The highest BCUT2D eigenvalue weighted by Gasteiger charge is 2.26. The summed E-state index contributed by atoms with van der Waals surface area (Å²) < 4.78 is 6.47. The average molecular weight is 312 g/mol. The highest BCUT2D eigenvalue weighted by molar-refractivity contribution is 9.10. The van der Waals surface area contributed by atoms with Crippen LogP contribution in [-0.2, 0) is 6.42 Å². The van der Waals surface area contributed by atoms with E-state index in [4.69, 9.17) is 4.74 Å². The Balaban J connectivity index is 2.01. The van der Waals surface area contributed by atoms with Gasteiger partial charge in [0.25, 0.3) is 0 Å². The smallest absolute Gasteiger partial charge is 0.119 e. The van der Waals surface area contributed by atoms with Crippen LogP contribution in [0, 0.1) is 5.41 Å². The maximum absolute atomic E-state index is 5.30. The predicted molar refractivity (Wildman–Crippen MR) is 79.2 cm³/mol. The molecule has 3 heteroatoms. The number of hydrogen-bond donors (Lipinski definition) is 1. The molecular formula is C15H22BrNO. The molecule has 2 nitrogen and oxygen atoms in total. The zero-order chi connectivity index (χ0) is 13.2. The Labute approximate surface area is 118 Å². The third-order valence-electron chi connectivity index (χ3n) is 3.37. The lowest BCUT2D eigenvalue weighted by molar-refractivity contribution is 0.335. The zero-order valence-electron chi connectivity index (χ0n) is 11.4. The largest absolute Gasteiger partial charge is 0.497 e. The molecule has 18 heavy (non-hydrogen) atoms. The van der Waals surface area contributed by atoms with Crippen LogP contribution in [0.2, 0.25) is 0 Å². The SMILES string of the molecule is COc1ccc(Br)c(CC(C)(C)CNC2CC2)c1. The van der Waals surface area contributed by atoms with Gasteiger partial charge in [-0.2, -0.15) is 0 Å². The van der Waals surface area contributed by atoms with Gasteiger partial charge in [0.05, 0.1) is 7.11 Å². The van der Waals surface area contributed by atoms with Crippen molar-refractivity contribution in [1.82, 2.24) is 5.32 Å². The zero-order valence-corrected chi connectivity index (χ0v) is 13.0. The Hall–Kier alpha value is -0.540. The van der Waals surface area contributed by atoms with E-state index in [9.17, 15) is 0 Å². The Morgan fingerprint density at radius 1 is 1.39 bits per heavy atom. The first-order valence-corrected chi connectivity index (χ1v) is 7.35. The molecule has 1 aliphatic rings. The van der Waals surface area contributed by atoms with Crippen LogP contribution in [0.4, 0.5) is 0 Å². The number of nitrogens with one attached hydrogen (secondary N) is 1. The van der Waals surface area contributed by atoms with E-state index in [1.807, 2.05) is 6.07 Å². The second-order valence-corrected chi connectivity index (χ2v) is 6.81. The summed E-state index contributed by atoms with van der Waals surface area (Å²) in [4.78, 5) is 0. The molecule has 0 bridgehead atoms. The average Bonchev–Trinajstić information content (AvgIpc) is 3.13. The third kappa shape index (κ3) is 3.99. The fourth-order valence-electron chi connectivity index (χ4n) is 2.10. The number of rotatable bonds is 6. The first-order valence-electron chi connectivity index (χ1n) is 6.56. The van der Waals surface area contributed by atoms with Gasteiger partial charge in [0.15, 0.2) is 0 Å². The lowest BCUT2D eigenvalue weighted by atomic mass is 9.85. The normalized spacial score (nSPS) is 15.8. The molecule has 1 N–H and O–H groups in total. The Morgan fingerprint density at radius 3 is 2.72 bits per heavy atom. The van der Waals surface area contributed by atoms with Crippen molar-refractivity contribution >= 4 is 15.9 Å². The summed E-state index contributed by atoms with van der Waals surface area (Å²) in [5.41, 5.74) is 1.58. The molecule has 1 saturated carbocycles. The minimum Gasteiger partial charge on any atom is -0.497 e. The van der Waals surface area contributed by atoms with Gasteiger partial charge >= 0.3 is 0 Å². The van der Waals surface area contributed by atoms with Gasteiger partial charge in [-0.25, -0.2) is 0 Å². The van der Waals surface area contributed by atoms with E-state index in [1.165, 1.54) is 22.9 Å². The molecule has 0 aromatic heterocycles. The van der Waals surface area contributed by atoms with Crippen LogP contribution < -0.4 is 10.1 Å². The molecule has 1 fully saturated rings. The number of benzene rings is 1. The summed E-state index contributed by atoms with van der Waals surface area (Å²) in [5, 5.41) is 3.62. The molecule has 0 aliphatic heterocycles. The molecule has 0 saturated heterocycles. The van der Waals surface area contributed by atoms with Gasteiger partial charge in [-0.1, -0.05) is 29.8 Å². The second kappa shape index (κ2) is 5.62. The van der Waals surface area contributed by atoms with Gasteiger partial charge < -0.3 is 10.1 Å². The van der Waals surface area contributed by atoms with E-state index >= 15 is 0 Å². The lowest BCUT2D eigenvalue weighted by Gasteiger charge is -2.26. The third-order valence-corrected chi connectivity index (χ3v) is 4.14. The molecule has 2 rings (SSSR count). The van der Waals surface area contributed by atoms with Gasteiger partial charge in [0.1, 0.15) is 5.75 Å². The minimum absolute atomic E-state index is 0.261. The van der Waals surface area contributed by atoms with Gasteiger partial charge in [0.2, 0.25) is 0 Å². The van der Waals surface area contributed by atoms with Gasteiger partial charge in [-0.3, -0.25) is 0 Å². The van der Waals surface area contributed by atoms with E-state index in [0.717, 1.165) is 24.8 Å². The molecule has 1 aliphatic carbocycles. The maximum atomic E-state index is 5.30. The summed E-state index contributed by atoms with van der Waals surface area (Å²) in [7, 11) is 1.72. The highest BCUT2D eigenvalue weighted by Crippen LogP contribution is 2.30. The summed E-state index contributed by atoms with van der Waals surface area (Å²) in [6.07, 6.45) is 3.74. The van der Waals surface area contributed by atoms with Crippen molar-refractivity contribution in [3.05, 3.63) is 28.2 Å². The van der Waals surface area contributed by atoms with Crippen molar-refractivity contribution in [2.45, 2.75) is 39.2 Å². The van der Waals surface area contributed by atoms with E-state index < -0.39 is 0 Å². The summed E-state index contributed by atoms with van der Waals surface area (Å²) in [6, 6.07) is 6.96. The predicted octanol–water partition coefficient (Wildman–Crippen LogP) is 3.78. The van der Waals surface area contributed by atoms with Crippen molar-refractivity contribution < 1.29 is 4.74 Å². The quantitative estimate of drug-likeness (QED) is 0.863. The molecule has 0 heterocycles. The Morgan fingerprint density at radius 2 is 2.11 bits per heavy atom. The van der Waals surface area contributed by atoms with Crippen LogP contribution in [0.25, 0.3) is 0 Å². The fourth-order valence-corrected chi connectivity index (χ4v) is 2.49. The second-order valence-electron chi connectivity index (χ2n) is 5.95. The number of methoxy groups -OCH3 is 1. The van der Waals surface area contributed by atoms with E-state index in [2.05, 4.69) is 47.2 Å². The molecule has 0 spiro atoms. The van der Waals surface area contributed by atoms with Crippen molar-refractivity contribution in [1.29, 1.82) is 0 Å². The highest BCUT2D eigenvalue weighted by atomic mass is 79.9. The van der Waals surface area contributed by atoms with Crippen LogP contribution in [-0.4, -0.2) is 19.7 Å². The molecule has 100 valence electrons. The summed E-state index contributed by atoms with van der Waals surface area (Å²) >= 11 is 3.63. The van der Waals surface area contributed by atoms with Crippen molar-refractivity contribution in [3.63, 3.8) is 0 Å². The molecule has 0 atom stereocenters. The van der Waals surface area contributed by atoms with Gasteiger partial charge in [-0.05, 0) is 48.4 Å². The monoisotopic (exact) mass is 311 g/mol. The first-order chi connectivity index (χ1) is 8.50. The topological polar surface area (TPSA) is 21.3 Å². The van der Waals surface area contributed by atoms with E-state index in [-0.39, 0.29) is 5.41 Å². The van der Waals surface area contributed by atoms with Crippen LogP contribution in [0.3, 0.4) is 0 Å². The Kier molecular flexibility index (Phi) is 4.33. The maximum Gasteiger partial charge on any atom is 0.119 e. The molecule has 1 aromatic rings. The standard InChI is InChI=1S/C15H22BrNO/c1-15(2,10-17-12-4-5-12)9-11-8-13(18-3)6-7-14(11)16/h6-8,12,17H,4-5,9-10H2,1-3H3. The summed E-state index contributed by atoms with van der Waals surface area (Å²) in [6.45, 7) is 5.70. The molecule has 0 radical (unpaired) electrons. The Bertz CT molecular complexity index is 413. The van der Waals surface area contributed by atoms with Crippen LogP contribution in [0.15, 0.2) is 22.7 Å². The van der Waals surface area contributed by atoms with Crippen molar-refractivity contribution in [2.24, 2.45) is 5.41 Å². The molecule has 0 amide bonds. The van der Waals surface area contributed by atoms with E-state index in [1.54, 1.807) is 7.11 Å². The fraction of sp³-hybridized carbons (Fsp3) is 0.600. The molecule has 0 unspecified atom stereocenters. The summed E-state index contributed by atoms with van der Waals surface area (Å²) in [5.74, 6) is 0.930. The van der Waals surface area contributed by atoms with E-state index in [0.29, 0.717) is 0 Å². The van der Waals surface area contributed by atoms with Crippen LogP contribution in [0.1, 0.15) is 32.3 Å². The van der Waals surface area contributed by atoms with Crippen LogP contribution >= 0.6 is 15.9 Å². The van der Waals surface area contributed by atoms with Crippen LogP contribution in [0.5, 0.6) is 5.75 Å². The minimum atomic E-state index is 0.261. The molecule has 1 aromatic carbocycles. The van der Waals surface area contributed by atoms with Gasteiger partial charge in [-0.15, -0.1) is 0 Å². The lowest BCUT2D eigenvalue weighted by Crippen LogP contribution is -2.32. The van der Waals surface area contributed by atoms with Crippen molar-refractivity contribution in [3.8, 4) is 5.75 Å².